The average Bonchev–Trinajstić information content (AvgIpc) is 3.20. The van der Waals surface area contributed by atoms with Crippen LogP contribution in [0.5, 0.6) is 5.75 Å². The first-order valence-electron chi connectivity index (χ1n) is 23.6. The van der Waals surface area contributed by atoms with E-state index < -0.39 is 109 Å². The second kappa shape index (κ2) is 21.7. The highest BCUT2D eigenvalue weighted by Gasteiger charge is 2.44. The van der Waals surface area contributed by atoms with E-state index in [1.807, 2.05) is 13.8 Å². The van der Waals surface area contributed by atoms with Crippen molar-refractivity contribution >= 4 is 56.8 Å². The highest BCUT2D eigenvalue weighted by atomic mass is 28.4. The van der Waals surface area contributed by atoms with Crippen LogP contribution in [0.3, 0.4) is 0 Å². The summed E-state index contributed by atoms with van der Waals surface area (Å²) in [7, 11) is -5.82. The molecule has 0 saturated carbocycles. The zero-order chi connectivity index (χ0) is 45.6. The fourth-order valence-corrected chi connectivity index (χ4v) is 24.0. The zero-order valence-corrected chi connectivity index (χ0v) is 42.0. The van der Waals surface area contributed by atoms with Gasteiger partial charge in [-0.05, 0) is 23.7 Å². The van der Waals surface area contributed by atoms with Crippen LogP contribution in [0.1, 0.15) is 146 Å². The van der Waals surface area contributed by atoms with Crippen LogP contribution in [0.4, 0.5) is 35.1 Å². The van der Waals surface area contributed by atoms with Crippen LogP contribution in [-0.2, 0) is 0 Å². The third-order valence-corrected chi connectivity index (χ3v) is 33.2. The lowest BCUT2D eigenvalue weighted by atomic mass is 9.91. The van der Waals surface area contributed by atoms with Crippen molar-refractivity contribution in [2.24, 2.45) is 0 Å². The summed E-state index contributed by atoms with van der Waals surface area (Å²) in [5, 5.41) is -6.37. The van der Waals surface area contributed by atoms with Crippen molar-refractivity contribution in [1.29, 1.82) is 0 Å². The van der Waals surface area contributed by atoms with Gasteiger partial charge in [0.25, 0.3) is 8.32 Å². The summed E-state index contributed by atoms with van der Waals surface area (Å²) in [5.41, 5.74) is 1.97. The van der Waals surface area contributed by atoms with Gasteiger partial charge in [0, 0.05) is 24.2 Å². The first-order chi connectivity index (χ1) is 28.7. The maximum atomic E-state index is 16.8. The molecule has 0 aliphatic carbocycles. The number of benzene rings is 4. The molecule has 0 radical (unpaired) electrons. The maximum Gasteiger partial charge on any atom is 0.254 e. The van der Waals surface area contributed by atoms with Gasteiger partial charge in [0.15, 0.2) is 52.3 Å². The summed E-state index contributed by atoms with van der Waals surface area (Å²) in [5.74, 6) is -15.5. The molecule has 61 heavy (non-hydrogen) atoms. The minimum atomic E-state index is -3.20. The highest BCUT2D eigenvalue weighted by Crippen LogP contribution is 2.49. The lowest BCUT2D eigenvalue weighted by Crippen LogP contribution is -2.45. The molecule has 0 heterocycles. The molecule has 4 aromatic carbocycles. The Morgan fingerprint density at radius 2 is 0.803 bits per heavy atom. The summed E-state index contributed by atoms with van der Waals surface area (Å²) >= 11 is 0. The molecular formula is C49H74F8OSi3. The fourth-order valence-electron chi connectivity index (χ4n) is 11.0. The average molecular weight is 915 g/mol. The smallest absolute Gasteiger partial charge is 0.254 e. The van der Waals surface area contributed by atoms with E-state index in [9.17, 15) is 8.78 Å². The standard InChI is InChI=1S/C49H74F8OSi3/c1-12-59(11,13-2)26-22-18-14-15-19-23-27-60(31(3)4,28-24-20-16-17-21-25-29-61(32(5)6,33(7)8)34(9)10)58-49-47(56)40-38-37-35(42(51)44(40)53)30-36(50)43(52)39(37)45(54)46(55)41(38)48(49)57/h30-34H,12-29H2,1-11H3. The van der Waals surface area contributed by atoms with Crippen molar-refractivity contribution < 1.29 is 39.5 Å². The molecule has 0 saturated heterocycles. The molecule has 344 valence electrons. The molecule has 0 amide bonds. The highest BCUT2D eigenvalue weighted by molar-refractivity contribution is 6.83. The summed E-state index contributed by atoms with van der Waals surface area (Å²) in [4.78, 5) is 0. The normalized spacial score (nSPS) is 14.1. The minimum Gasteiger partial charge on any atom is -0.539 e. The molecule has 0 fully saturated rings. The van der Waals surface area contributed by atoms with Crippen LogP contribution in [0.15, 0.2) is 6.07 Å². The Morgan fingerprint density at radius 1 is 0.426 bits per heavy atom. The van der Waals surface area contributed by atoms with E-state index in [0.29, 0.717) is 28.7 Å². The van der Waals surface area contributed by atoms with Gasteiger partial charge in [0.05, 0.1) is 24.2 Å². The molecule has 1 nitrogen and oxygen atoms in total. The summed E-state index contributed by atoms with van der Waals surface area (Å²) in [6, 6.07) is 6.58. The van der Waals surface area contributed by atoms with Crippen LogP contribution in [-0.4, -0.2) is 24.5 Å². The molecule has 4 aromatic rings. The van der Waals surface area contributed by atoms with Crippen LogP contribution in [0.2, 0.25) is 65.0 Å². The number of halogens is 8. The molecule has 1 unspecified atom stereocenters. The van der Waals surface area contributed by atoms with Crippen molar-refractivity contribution in [2.45, 2.75) is 211 Å². The predicted molar refractivity (Wildman–Crippen MR) is 250 cm³/mol. The van der Waals surface area contributed by atoms with Crippen molar-refractivity contribution in [3.63, 3.8) is 0 Å². The molecule has 0 N–H and O–H groups in total. The van der Waals surface area contributed by atoms with Gasteiger partial charge >= 0.3 is 0 Å². The monoisotopic (exact) mass is 914 g/mol. The van der Waals surface area contributed by atoms with Crippen LogP contribution >= 0.6 is 0 Å². The Hall–Kier alpha value is -2.19. The molecule has 4 rings (SSSR count). The molecule has 0 bridgehead atoms. The van der Waals surface area contributed by atoms with Crippen LogP contribution < -0.4 is 4.43 Å². The van der Waals surface area contributed by atoms with Crippen molar-refractivity contribution in [2.75, 3.05) is 0 Å². The Morgan fingerprint density at radius 3 is 1.21 bits per heavy atom. The topological polar surface area (TPSA) is 9.23 Å². The van der Waals surface area contributed by atoms with Gasteiger partial charge in [-0.1, -0.05) is 194 Å². The maximum absolute atomic E-state index is 16.8. The molecule has 0 spiro atoms. The number of unbranched alkanes of at least 4 members (excludes halogenated alkanes) is 10. The minimum absolute atomic E-state index is 0.177. The Balaban J connectivity index is 1.62. The quantitative estimate of drug-likeness (QED) is 0.0264. The lowest BCUT2D eigenvalue weighted by Gasteiger charge is -2.43. The lowest BCUT2D eigenvalue weighted by molar-refractivity contribution is 0.426. The first kappa shape index (κ1) is 51.4. The third kappa shape index (κ3) is 10.5. The van der Waals surface area contributed by atoms with Gasteiger partial charge in [-0.2, -0.15) is 0 Å². The van der Waals surface area contributed by atoms with Gasteiger partial charge in [0.2, 0.25) is 0 Å². The van der Waals surface area contributed by atoms with E-state index in [2.05, 4.69) is 61.9 Å². The van der Waals surface area contributed by atoms with Gasteiger partial charge in [-0.3, -0.25) is 0 Å². The Bertz CT molecular complexity index is 2020. The van der Waals surface area contributed by atoms with Crippen LogP contribution in [0.25, 0.3) is 32.3 Å². The summed E-state index contributed by atoms with van der Waals surface area (Å²) in [6.45, 7) is 25.3. The second-order valence-electron chi connectivity index (χ2n) is 20.0. The van der Waals surface area contributed by atoms with Gasteiger partial charge < -0.3 is 4.43 Å². The van der Waals surface area contributed by atoms with Crippen LogP contribution in [0, 0.1) is 46.5 Å². The summed E-state index contributed by atoms with van der Waals surface area (Å²) < 4.78 is 133. The SMILES string of the molecule is CC[Si](C)(CC)CCCCCCCC[Si](CCCCCCCC[Si](C(C)C)(C(C)C)C(C)C)(Oc1c(F)c2c(F)c(F)c3cc(F)c(F)c4c(F)c(F)c(c1F)c2c34)C(C)C. The Kier molecular flexibility index (Phi) is 18.3. The van der Waals surface area contributed by atoms with E-state index in [4.69, 9.17) is 4.43 Å². The van der Waals surface area contributed by atoms with Crippen molar-refractivity contribution in [1.82, 2.24) is 0 Å². The van der Waals surface area contributed by atoms with Gasteiger partial charge in [0.1, 0.15) is 0 Å². The molecule has 0 aliphatic heterocycles. The fraction of sp³-hybridized carbons (Fsp3) is 0.673. The van der Waals surface area contributed by atoms with Gasteiger partial charge in [-0.15, -0.1) is 0 Å². The largest absolute Gasteiger partial charge is 0.539 e. The van der Waals surface area contributed by atoms with E-state index in [-0.39, 0.29) is 11.6 Å². The second-order valence-corrected chi connectivity index (χ2v) is 36.2. The van der Waals surface area contributed by atoms with Gasteiger partial charge in [-0.25, -0.2) is 35.1 Å². The predicted octanol–water partition coefficient (Wildman–Crippen LogP) is 18.9. The number of rotatable bonds is 26. The zero-order valence-electron chi connectivity index (χ0n) is 39.0. The van der Waals surface area contributed by atoms with E-state index >= 15 is 26.3 Å². The molecular weight excluding hydrogens is 841 g/mol. The van der Waals surface area contributed by atoms with Crippen molar-refractivity contribution in [3.05, 3.63) is 52.6 Å². The van der Waals surface area contributed by atoms with Crippen molar-refractivity contribution in [3.8, 4) is 5.75 Å². The first-order valence-corrected chi connectivity index (χ1v) is 31.5. The molecule has 1 atom stereocenters. The van der Waals surface area contributed by atoms with E-state index in [0.717, 1.165) is 64.2 Å². The van der Waals surface area contributed by atoms with E-state index in [1.165, 1.54) is 37.0 Å². The Labute approximate surface area is 364 Å². The molecule has 0 aliphatic rings. The van der Waals surface area contributed by atoms with E-state index in [1.54, 1.807) is 0 Å². The number of hydrogen-bond donors (Lipinski definition) is 0. The number of hydrogen-bond acceptors (Lipinski definition) is 1. The molecule has 12 heteroatoms. The molecule has 0 aromatic heterocycles. The third-order valence-electron chi connectivity index (χ3n) is 15.5. The summed E-state index contributed by atoms with van der Waals surface area (Å²) in [6.07, 6.45) is 12.1.